The van der Waals surface area contributed by atoms with E-state index in [0.717, 1.165) is 5.75 Å². The lowest BCUT2D eigenvalue weighted by molar-refractivity contribution is 0.0956. The van der Waals surface area contributed by atoms with Gasteiger partial charge in [-0.25, -0.2) is 0 Å². The van der Waals surface area contributed by atoms with E-state index in [4.69, 9.17) is 9.84 Å². The molecule has 0 atom stereocenters. The van der Waals surface area contributed by atoms with E-state index in [-0.39, 0.29) is 18.8 Å². The fraction of sp³-hybridized carbons (Fsp3) is 0.364. The maximum absolute atomic E-state index is 11.3. The second-order valence-electron chi connectivity index (χ2n) is 2.85. The maximum Gasteiger partial charge on any atom is 0.165 e. The molecular formula is C11H14O3. The maximum atomic E-state index is 11.3. The van der Waals surface area contributed by atoms with Gasteiger partial charge in [0.1, 0.15) is 5.75 Å². The largest absolute Gasteiger partial charge is 0.494 e. The third-order valence-corrected chi connectivity index (χ3v) is 1.83. The van der Waals surface area contributed by atoms with E-state index in [1.54, 1.807) is 24.3 Å². The first kappa shape index (κ1) is 10.7. The van der Waals surface area contributed by atoms with Gasteiger partial charge in [-0.15, -0.1) is 0 Å². The quantitative estimate of drug-likeness (QED) is 0.725. The average molecular weight is 194 g/mol. The number of Topliss-reactive ketones (excluding diaryl/α,β-unsaturated/α-hetero) is 1. The number of ether oxygens (including phenoxy) is 1. The Balaban J connectivity index is 2.67. The molecule has 0 bridgehead atoms. The fourth-order valence-corrected chi connectivity index (χ4v) is 1.15. The molecule has 14 heavy (non-hydrogen) atoms. The molecule has 3 nitrogen and oxygen atoms in total. The minimum Gasteiger partial charge on any atom is -0.494 e. The Labute approximate surface area is 83.3 Å². The number of carbonyl (C=O) groups excluding carboxylic acids is 1. The Morgan fingerprint density at radius 1 is 1.36 bits per heavy atom. The van der Waals surface area contributed by atoms with Crippen LogP contribution >= 0.6 is 0 Å². The van der Waals surface area contributed by atoms with Crippen molar-refractivity contribution in [2.75, 3.05) is 13.2 Å². The molecule has 0 unspecified atom stereocenters. The van der Waals surface area contributed by atoms with E-state index in [0.29, 0.717) is 12.2 Å². The topological polar surface area (TPSA) is 46.5 Å². The van der Waals surface area contributed by atoms with Crippen molar-refractivity contribution in [3.8, 4) is 5.75 Å². The summed E-state index contributed by atoms with van der Waals surface area (Å²) in [6, 6.07) is 6.94. The number of carbonyl (C=O) groups is 1. The van der Waals surface area contributed by atoms with Crippen molar-refractivity contribution in [1.29, 1.82) is 0 Å². The van der Waals surface area contributed by atoms with Crippen LogP contribution in [0.15, 0.2) is 24.3 Å². The Kier molecular flexibility index (Phi) is 4.13. The van der Waals surface area contributed by atoms with Crippen molar-refractivity contribution in [1.82, 2.24) is 0 Å². The number of hydrogen-bond acceptors (Lipinski definition) is 3. The van der Waals surface area contributed by atoms with Crippen molar-refractivity contribution in [3.63, 3.8) is 0 Å². The van der Waals surface area contributed by atoms with E-state index in [1.807, 2.05) is 6.92 Å². The Bertz CT molecular complexity index is 290. The van der Waals surface area contributed by atoms with Gasteiger partial charge >= 0.3 is 0 Å². The summed E-state index contributed by atoms with van der Waals surface area (Å²) in [5.41, 5.74) is 0.613. The first-order valence-electron chi connectivity index (χ1n) is 4.65. The molecule has 0 amide bonds. The van der Waals surface area contributed by atoms with Crippen LogP contribution in [0.3, 0.4) is 0 Å². The van der Waals surface area contributed by atoms with Crippen LogP contribution in [0.25, 0.3) is 0 Å². The summed E-state index contributed by atoms with van der Waals surface area (Å²) in [6.45, 7) is 2.42. The van der Waals surface area contributed by atoms with Gasteiger partial charge in [0.05, 0.1) is 13.2 Å². The molecule has 0 fully saturated rings. The summed E-state index contributed by atoms with van der Waals surface area (Å²) >= 11 is 0. The number of aliphatic hydroxyl groups excluding tert-OH is 1. The zero-order valence-electron chi connectivity index (χ0n) is 8.19. The standard InChI is InChI=1S/C11H14O3/c1-2-14-10-5-3-9(4-6-10)11(13)7-8-12/h3-6,12H,2,7-8H2,1H3. The van der Waals surface area contributed by atoms with E-state index in [9.17, 15) is 4.79 Å². The van der Waals surface area contributed by atoms with E-state index in [1.165, 1.54) is 0 Å². The molecule has 0 aliphatic heterocycles. The zero-order chi connectivity index (χ0) is 10.4. The van der Waals surface area contributed by atoms with Crippen molar-refractivity contribution in [2.45, 2.75) is 13.3 Å². The van der Waals surface area contributed by atoms with Crippen molar-refractivity contribution >= 4 is 5.78 Å². The van der Waals surface area contributed by atoms with Gasteiger partial charge in [-0.1, -0.05) is 0 Å². The van der Waals surface area contributed by atoms with Crippen LogP contribution in [0, 0.1) is 0 Å². The number of hydrogen-bond donors (Lipinski definition) is 1. The number of aliphatic hydroxyl groups is 1. The Morgan fingerprint density at radius 3 is 2.50 bits per heavy atom. The SMILES string of the molecule is CCOc1ccc(C(=O)CCO)cc1. The van der Waals surface area contributed by atoms with Gasteiger partial charge in [0, 0.05) is 12.0 Å². The average Bonchev–Trinajstić information content (AvgIpc) is 2.20. The van der Waals surface area contributed by atoms with Crippen LogP contribution in [0.5, 0.6) is 5.75 Å². The van der Waals surface area contributed by atoms with E-state index >= 15 is 0 Å². The van der Waals surface area contributed by atoms with E-state index in [2.05, 4.69) is 0 Å². The molecule has 0 aliphatic carbocycles. The second kappa shape index (κ2) is 5.40. The lowest BCUT2D eigenvalue weighted by Gasteiger charge is -2.03. The molecular weight excluding hydrogens is 180 g/mol. The van der Waals surface area contributed by atoms with Gasteiger partial charge < -0.3 is 9.84 Å². The monoisotopic (exact) mass is 194 g/mol. The number of benzene rings is 1. The smallest absolute Gasteiger partial charge is 0.165 e. The number of rotatable bonds is 5. The highest BCUT2D eigenvalue weighted by Crippen LogP contribution is 2.13. The summed E-state index contributed by atoms with van der Waals surface area (Å²) < 4.78 is 5.24. The molecule has 1 rings (SSSR count). The van der Waals surface area contributed by atoms with Crippen LogP contribution in [-0.2, 0) is 0 Å². The molecule has 0 saturated heterocycles. The summed E-state index contributed by atoms with van der Waals surface area (Å²) in [7, 11) is 0. The minimum absolute atomic E-state index is 0.0458. The first-order chi connectivity index (χ1) is 6.77. The predicted octanol–water partition coefficient (Wildman–Crippen LogP) is 1.65. The van der Waals surface area contributed by atoms with Gasteiger partial charge in [0.2, 0.25) is 0 Å². The molecule has 0 saturated carbocycles. The lowest BCUT2D eigenvalue weighted by Crippen LogP contribution is -2.01. The van der Waals surface area contributed by atoms with Gasteiger partial charge in [-0.05, 0) is 31.2 Å². The summed E-state index contributed by atoms with van der Waals surface area (Å²) in [5, 5.41) is 8.59. The van der Waals surface area contributed by atoms with Crippen molar-refractivity contribution < 1.29 is 14.6 Å². The molecule has 0 aliphatic rings. The molecule has 1 aromatic rings. The van der Waals surface area contributed by atoms with E-state index < -0.39 is 0 Å². The van der Waals surface area contributed by atoms with Crippen LogP contribution < -0.4 is 4.74 Å². The molecule has 1 N–H and O–H groups in total. The zero-order valence-corrected chi connectivity index (χ0v) is 8.19. The normalized spacial score (nSPS) is 9.86. The molecule has 76 valence electrons. The Morgan fingerprint density at radius 2 is 2.00 bits per heavy atom. The van der Waals surface area contributed by atoms with Gasteiger partial charge in [0.15, 0.2) is 5.78 Å². The lowest BCUT2D eigenvalue weighted by atomic mass is 10.1. The highest BCUT2D eigenvalue weighted by atomic mass is 16.5. The highest BCUT2D eigenvalue weighted by molar-refractivity contribution is 5.96. The summed E-state index contributed by atoms with van der Waals surface area (Å²) in [4.78, 5) is 11.3. The minimum atomic E-state index is -0.105. The molecule has 0 aromatic heterocycles. The predicted molar refractivity (Wildman–Crippen MR) is 53.6 cm³/mol. The van der Waals surface area contributed by atoms with Crippen LogP contribution in [0.2, 0.25) is 0 Å². The van der Waals surface area contributed by atoms with Crippen molar-refractivity contribution in [2.24, 2.45) is 0 Å². The van der Waals surface area contributed by atoms with Crippen LogP contribution in [0.4, 0.5) is 0 Å². The molecule has 3 heteroatoms. The Hall–Kier alpha value is -1.35. The third kappa shape index (κ3) is 2.85. The molecule has 1 aromatic carbocycles. The molecule has 0 heterocycles. The van der Waals surface area contributed by atoms with Gasteiger partial charge in [-0.3, -0.25) is 4.79 Å². The molecule has 0 spiro atoms. The highest BCUT2D eigenvalue weighted by Gasteiger charge is 2.04. The summed E-state index contributed by atoms with van der Waals surface area (Å²) in [5.74, 6) is 0.712. The second-order valence-corrected chi connectivity index (χ2v) is 2.85. The molecule has 0 radical (unpaired) electrons. The first-order valence-corrected chi connectivity index (χ1v) is 4.65. The van der Waals surface area contributed by atoms with Crippen molar-refractivity contribution in [3.05, 3.63) is 29.8 Å². The van der Waals surface area contributed by atoms with Gasteiger partial charge in [0.25, 0.3) is 0 Å². The van der Waals surface area contributed by atoms with Gasteiger partial charge in [-0.2, -0.15) is 0 Å². The van der Waals surface area contributed by atoms with Crippen LogP contribution in [-0.4, -0.2) is 24.1 Å². The third-order valence-electron chi connectivity index (χ3n) is 1.83. The fourth-order valence-electron chi connectivity index (χ4n) is 1.15. The summed E-state index contributed by atoms with van der Waals surface area (Å²) in [6.07, 6.45) is 0.175. The van der Waals surface area contributed by atoms with Crippen LogP contribution in [0.1, 0.15) is 23.7 Å². The number of ketones is 1.